The maximum absolute atomic E-state index is 11.6. The molecule has 0 bridgehead atoms. The number of nitro groups is 1. The van der Waals surface area contributed by atoms with Gasteiger partial charge < -0.3 is 10.2 Å². The molecular formula is C13H16N4O3. The van der Waals surface area contributed by atoms with E-state index >= 15 is 0 Å². The Kier molecular flexibility index (Phi) is 5.47. The summed E-state index contributed by atoms with van der Waals surface area (Å²) in [5.74, 6) is -0.152. The highest BCUT2D eigenvalue weighted by molar-refractivity contribution is 5.81. The zero-order chi connectivity index (χ0) is 15.1. The van der Waals surface area contributed by atoms with E-state index in [4.69, 9.17) is 5.26 Å². The van der Waals surface area contributed by atoms with Crippen LogP contribution in [-0.4, -0.2) is 31.0 Å². The number of nitriles is 1. The van der Waals surface area contributed by atoms with Gasteiger partial charge in [0.2, 0.25) is 5.91 Å². The SMILES string of the molecule is CCCNC(=O)CN(C)c1ccc(C#N)c([N+](=O)[O-])c1. The van der Waals surface area contributed by atoms with Crippen molar-refractivity contribution in [3.63, 3.8) is 0 Å². The molecule has 7 nitrogen and oxygen atoms in total. The van der Waals surface area contributed by atoms with E-state index in [1.807, 2.05) is 6.92 Å². The van der Waals surface area contributed by atoms with Crippen molar-refractivity contribution in [2.75, 3.05) is 25.0 Å². The molecule has 0 atom stereocenters. The molecule has 0 unspecified atom stereocenters. The third-order valence-electron chi connectivity index (χ3n) is 2.69. The van der Waals surface area contributed by atoms with Gasteiger partial charge in [0.15, 0.2) is 0 Å². The van der Waals surface area contributed by atoms with Crippen LogP contribution < -0.4 is 10.2 Å². The van der Waals surface area contributed by atoms with Crippen LogP contribution in [0.2, 0.25) is 0 Å². The molecule has 1 aromatic carbocycles. The minimum absolute atomic E-state index is 0.00239. The Morgan fingerprint density at radius 1 is 1.55 bits per heavy atom. The smallest absolute Gasteiger partial charge is 0.289 e. The molecule has 1 N–H and O–H groups in total. The molecule has 0 aliphatic rings. The van der Waals surface area contributed by atoms with E-state index < -0.39 is 4.92 Å². The predicted molar refractivity (Wildman–Crippen MR) is 74.4 cm³/mol. The molecule has 0 aliphatic carbocycles. The van der Waals surface area contributed by atoms with Crippen LogP contribution in [0, 0.1) is 21.4 Å². The lowest BCUT2D eigenvalue weighted by atomic mass is 10.1. The predicted octanol–water partition coefficient (Wildman–Crippen LogP) is 1.43. The van der Waals surface area contributed by atoms with Gasteiger partial charge in [0, 0.05) is 25.3 Å². The van der Waals surface area contributed by atoms with E-state index in [1.54, 1.807) is 24.1 Å². The van der Waals surface area contributed by atoms with Crippen LogP contribution in [0.1, 0.15) is 18.9 Å². The zero-order valence-electron chi connectivity index (χ0n) is 11.4. The summed E-state index contributed by atoms with van der Waals surface area (Å²) in [4.78, 5) is 23.5. The Bertz CT molecular complexity index is 551. The lowest BCUT2D eigenvalue weighted by molar-refractivity contribution is -0.385. The van der Waals surface area contributed by atoms with Crippen molar-refractivity contribution < 1.29 is 9.72 Å². The minimum Gasteiger partial charge on any atom is -0.365 e. The van der Waals surface area contributed by atoms with Gasteiger partial charge >= 0.3 is 0 Å². The van der Waals surface area contributed by atoms with Gasteiger partial charge in [-0.1, -0.05) is 6.92 Å². The van der Waals surface area contributed by atoms with E-state index in [0.717, 1.165) is 6.42 Å². The van der Waals surface area contributed by atoms with Crippen LogP contribution in [0.5, 0.6) is 0 Å². The van der Waals surface area contributed by atoms with E-state index in [-0.39, 0.29) is 23.7 Å². The summed E-state index contributed by atoms with van der Waals surface area (Å²) in [7, 11) is 1.66. The molecule has 0 saturated carbocycles. The molecule has 0 saturated heterocycles. The molecule has 7 heteroatoms. The molecule has 0 spiro atoms. The van der Waals surface area contributed by atoms with Gasteiger partial charge in [0.25, 0.3) is 5.69 Å². The number of amides is 1. The maximum atomic E-state index is 11.6. The van der Waals surface area contributed by atoms with Gasteiger partial charge in [-0.2, -0.15) is 5.26 Å². The number of rotatable bonds is 6. The first kappa shape index (κ1) is 15.4. The lowest BCUT2D eigenvalue weighted by Crippen LogP contribution is -2.35. The molecule has 0 aromatic heterocycles. The average molecular weight is 276 g/mol. The maximum Gasteiger partial charge on any atom is 0.289 e. The largest absolute Gasteiger partial charge is 0.365 e. The molecule has 0 radical (unpaired) electrons. The van der Waals surface area contributed by atoms with Crippen LogP contribution in [-0.2, 0) is 4.79 Å². The van der Waals surface area contributed by atoms with Gasteiger partial charge in [-0.3, -0.25) is 14.9 Å². The first-order chi connectivity index (χ1) is 9.49. The second kappa shape index (κ2) is 7.09. The van der Waals surface area contributed by atoms with Crippen molar-refractivity contribution >= 4 is 17.3 Å². The fourth-order valence-corrected chi connectivity index (χ4v) is 1.63. The van der Waals surface area contributed by atoms with Gasteiger partial charge in [-0.15, -0.1) is 0 Å². The van der Waals surface area contributed by atoms with Crippen molar-refractivity contribution in [1.29, 1.82) is 5.26 Å². The Balaban J connectivity index is 2.86. The van der Waals surface area contributed by atoms with Gasteiger partial charge in [-0.25, -0.2) is 0 Å². The van der Waals surface area contributed by atoms with Crippen molar-refractivity contribution in [3.05, 3.63) is 33.9 Å². The fourth-order valence-electron chi connectivity index (χ4n) is 1.63. The normalized spacial score (nSPS) is 9.65. The van der Waals surface area contributed by atoms with Gasteiger partial charge in [-0.05, 0) is 18.6 Å². The van der Waals surface area contributed by atoms with Crippen molar-refractivity contribution in [1.82, 2.24) is 5.32 Å². The second-order valence-corrected chi connectivity index (χ2v) is 4.28. The first-order valence-corrected chi connectivity index (χ1v) is 6.16. The Hall–Kier alpha value is -2.62. The van der Waals surface area contributed by atoms with Crippen LogP contribution in [0.25, 0.3) is 0 Å². The molecule has 0 heterocycles. The number of nitro benzene ring substituents is 1. The van der Waals surface area contributed by atoms with E-state index in [0.29, 0.717) is 12.2 Å². The summed E-state index contributed by atoms with van der Waals surface area (Å²) in [5.41, 5.74) is 0.260. The molecule has 1 amide bonds. The van der Waals surface area contributed by atoms with E-state index in [2.05, 4.69) is 5.32 Å². The zero-order valence-corrected chi connectivity index (χ0v) is 11.4. The molecule has 1 rings (SSSR count). The topological polar surface area (TPSA) is 99.3 Å². The highest BCUT2D eigenvalue weighted by Crippen LogP contribution is 2.24. The molecule has 1 aromatic rings. The number of benzene rings is 1. The lowest BCUT2D eigenvalue weighted by Gasteiger charge is -2.18. The van der Waals surface area contributed by atoms with Crippen LogP contribution in [0.15, 0.2) is 18.2 Å². The van der Waals surface area contributed by atoms with Crippen molar-refractivity contribution in [2.45, 2.75) is 13.3 Å². The van der Waals surface area contributed by atoms with Gasteiger partial charge in [0.05, 0.1) is 11.5 Å². The Morgan fingerprint density at radius 3 is 2.80 bits per heavy atom. The van der Waals surface area contributed by atoms with Crippen LogP contribution in [0.3, 0.4) is 0 Å². The number of nitrogens with zero attached hydrogens (tertiary/aromatic N) is 3. The number of hydrogen-bond donors (Lipinski definition) is 1. The number of carbonyl (C=O) groups excluding carboxylic acids is 1. The van der Waals surface area contributed by atoms with E-state index in [9.17, 15) is 14.9 Å². The van der Waals surface area contributed by atoms with Gasteiger partial charge in [0.1, 0.15) is 11.6 Å². The van der Waals surface area contributed by atoms with E-state index in [1.165, 1.54) is 12.1 Å². The molecular weight excluding hydrogens is 260 g/mol. The summed E-state index contributed by atoms with van der Waals surface area (Å²) in [6.07, 6.45) is 0.845. The minimum atomic E-state index is -0.604. The highest BCUT2D eigenvalue weighted by atomic mass is 16.6. The van der Waals surface area contributed by atoms with Crippen LogP contribution in [0.4, 0.5) is 11.4 Å². The summed E-state index contributed by atoms with van der Waals surface area (Å²) in [6.45, 7) is 2.65. The standard InChI is InChI=1S/C13H16N4O3/c1-3-6-15-13(18)9-16(2)11-5-4-10(8-14)12(7-11)17(19)20/h4-5,7H,3,6,9H2,1-2H3,(H,15,18). The second-order valence-electron chi connectivity index (χ2n) is 4.28. The third-order valence-corrected chi connectivity index (χ3v) is 2.69. The molecule has 20 heavy (non-hydrogen) atoms. The first-order valence-electron chi connectivity index (χ1n) is 6.16. The summed E-state index contributed by atoms with van der Waals surface area (Å²) < 4.78 is 0. The Labute approximate surface area is 117 Å². The number of hydrogen-bond acceptors (Lipinski definition) is 5. The molecule has 0 fully saturated rings. The average Bonchev–Trinajstić information content (AvgIpc) is 2.44. The monoisotopic (exact) mass is 276 g/mol. The Morgan fingerprint density at radius 2 is 2.25 bits per heavy atom. The summed E-state index contributed by atoms with van der Waals surface area (Å²) >= 11 is 0. The van der Waals surface area contributed by atoms with Crippen LogP contribution >= 0.6 is 0 Å². The number of likely N-dealkylation sites (N-methyl/N-ethyl adjacent to an activating group) is 1. The number of anilines is 1. The molecule has 0 aliphatic heterocycles. The summed E-state index contributed by atoms with van der Waals surface area (Å²) in [5, 5.41) is 22.4. The quantitative estimate of drug-likeness (QED) is 0.626. The molecule has 106 valence electrons. The van der Waals surface area contributed by atoms with Crippen molar-refractivity contribution in [3.8, 4) is 6.07 Å². The number of nitrogens with one attached hydrogen (secondary N) is 1. The highest BCUT2D eigenvalue weighted by Gasteiger charge is 2.16. The fraction of sp³-hybridized carbons (Fsp3) is 0.385. The number of carbonyl (C=O) groups is 1. The third kappa shape index (κ3) is 3.95. The van der Waals surface area contributed by atoms with Crippen molar-refractivity contribution in [2.24, 2.45) is 0 Å². The summed E-state index contributed by atoms with van der Waals surface area (Å²) in [6, 6.07) is 6.03.